The van der Waals surface area contributed by atoms with Gasteiger partial charge in [0.05, 0.1) is 0 Å². The van der Waals surface area contributed by atoms with Crippen LogP contribution in [0, 0.1) is 0 Å². The van der Waals surface area contributed by atoms with E-state index in [4.69, 9.17) is 10.5 Å². The molecule has 0 saturated carbocycles. The van der Waals surface area contributed by atoms with Crippen LogP contribution in [0.5, 0.6) is 0 Å². The lowest BCUT2D eigenvalue weighted by atomic mass is 9.61. The molecule has 6 atom stereocenters. The van der Waals surface area contributed by atoms with Crippen molar-refractivity contribution < 1.29 is 44.3 Å². The van der Waals surface area contributed by atoms with Gasteiger partial charge in [0.15, 0.2) is 22.8 Å². The summed E-state index contributed by atoms with van der Waals surface area (Å²) < 4.78 is 5.67. The van der Waals surface area contributed by atoms with Crippen molar-refractivity contribution in [3.63, 3.8) is 0 Å². The van der Waals surface area contributed by atoms with Crippen molar-refractivity contribution in [3.8, 4) is 0 Å². The molecule has 0 radical (unpaired) electrons. The molecule has 1 aliphatic heterocycles. The Labute approximate surface area is 268 Å². The van der Waals surface area contributed by atoms with Crippen molar-refractivity contribution in [1.29, 1.82) is 0 Å². The minimum absolute atomic E-state index is 0. The number of benzene rings is 4. The minimum atomic E-state index is -3.55. The molecule has 1 fully saturated rings. The highest BCUT2D eigenvalue weighted by molar-refractivity contribution is 8.93. The normalized spacial score (nSPS) is 26.6. The van der Waals surface area contributed by atoms with Crippen molar-refractivity contribution in [1.82, 2.24) is 0 Å². The van der Waals surface area contributed by atoms with E-state index in [-0.39, 0.29) is 39.2 Å². The summed E-state index contributed by atoms with van der Waals surface area (Å²) in [5, 5.41) is 48.3. The molecule has 1 saturated heterocycles. The highest BCUT2D eigenvalue weighted by Crippen LogP contribution is 2.47. The SMILES string of the molecule is Br.N[C@H]1C(O)(C(=O)c2ccccc2)O[C@H](C(O)C(=O)c2ccccc2)[C@](O)(C(=O)c2ccccc2)[C@@]1(O)C(=O)c1ccccc1. The van der Waals surface area contributed by atoms with Gasteiger partial charge < -0.3 is 30.9 Å². The van der Waals surface area contributed by atoms with Crippen LogP contribution in [0.25, 0.3) is 0 Å². The number of ketones is 4. The van der Waals surface area contributed by atoms with E-state index in [1.54, 1.807) is 24.3 Å². The number of Topliss-reactive ketones (excluding diaryl/α,β-unsaturated/α-hetero) is 4. The first-order valence-electron chi connectivity index (χ1n) is 13.6. The summed E-state index contributed by atoms with van der Waals surface area (Å²) in [6.45, 7) is 0. The fourth-order valence-electron chi connectivity index (χ4n) is 5.52. The number of nitrogens with two attached hydrogens (primary N) is 1. The maximum absolute atomic E-state index is 14.3. The van der Waals surface area contributed by atoms with E-state index < -0.39 is 58.4 Å². The van der Waals surface area contributed by atoms with Gasteiger partial charge in [-0.1, -0.05) is 121 Å². The second kappa shape index (κ2) is 13.0. The topological polar surface area (TPSA) is 184 Å². The summed E-state index contributed by atoms with van der Waals surface area (Å²) in [5.74, 6) is -8.44. The Bertz CT molecular complexity index is 1630. The third kappa shape index (κ3) is 5.49. The van der Waals surface area contributed by atoms with Gasteiger partial charge in [0, 0.05) is 22.3 Å². The van der Waals surface area contributed by atoms with Crippen LogP contribution in [-0.2, 0) is 4.74 Å². The molecule has 1 aliphatic rings. The molecule has 2 unspecified atom stereocenters. The number of aliphatic hydroxyl groups is 4. The van der Waals surface area contributed by atoms with Crippen molar-refractivity contribution in [2.75, 3.05) is 0 Å². The van der Waals surface area contributed by atoms with Crippen LogP contribution < -0.4 is 5.73 Å². The Balaban J connectivity index is 0.00000461. The van der Waals surface area contributed by atoms with Crippen LogP contribution in [0.4, 0.5) is 0 Å². The Morgan fingerprint density at radius 2 is 0.911 bits per heavy atom. The lowest BCUT2D eigenvalue weighted by Crippen LogP contribution is -2.87. The summed E-state index contributed by atoms with van der Waals surface area (Å²) in [6.07, 6.45) is -5.11. The van der Waals surface area contributed by atoms with Gasteiger partial charge >= 0.3 is 0 Å². The van der Waals surface area contributed by atoms with Gasteiger partial charge in [-0.25, -0.2) is 0 Å². The van der Waals surface area contributed by atoms with Crippen LogP contribution in [0.15, 0.2) is 121 Å². The summed E-state index contributed by atoms with van der Waals surface area (Å²) >= 11 is 0. The average Bonchev–Trinajstić information content (AvgIpc) is 3.08. The predicted octanol–water partition coefficient (Wildman–Crippen LogP) is 2.33. The Morgan fingerprint density at radius 3 is 1.31 bits per heavy atom. The third-order valence-corrected chi connectivity index (χ3v) is 7.91. The molecule has 4 aromatic rings. The molecule has 1 heterocycles. The van der Waals surface area contributed by atoms with Crippen molar-refractivity contribution in [2.24, 2.45) is 5.73 Å². The molecule has 5 rings (SSSR count). The van der Waals surface area contributed by atoms with E-state index in [1.165, 1.54) is 97.1 Å². The summed E-state index contributed by atoms with van der Waals surface area (Å²) in [6, 6.07) is 25.7. The summed E-state index contributed by atoms with van der Waals surface area (Å²) in [7, 11) is 0. The first-order valence-corrected chi connectivity index (χ1v) is 13.6. The van der Waals surface area contributed by atoms with E-state index in [1.807, 2.05) is 0 Å². The van der Waals surface area contributed by atoms with Gasteiger partial charge in [0.25, 0.3) is 5.79 Å². The van der Waals surface area contributed by atoms with Crippen molar-refractivity contribution >= 4 is 40.1 Å². The number of carbonyl (C=O) groups excluding carboxylic acids is 4. The van der Waals surface area contributed by atoms with E-state index >= 15 is 0 Å². The van der Waals surface area contributed by atoms with Crippen LogP contribution >= 0.6 is 17.0 Å². The zero-order valence-corrected chi connectivity index (χ0v) is 25.3. The number of hydrogen-bond donors (Lipinski definition) is 5. The lowest BCUT2D eigenvalue weighted by molar-refractivity contribution is -0.326. The minimum Gasteiger partial charge on any atom is -0.382 e. The van der Waals surface area contributed by atoms with E-state index in [0.29, 0.717) is 0 Å². The monoisotopic (exact) mass is 675 g/mol. The van der Waals surface area contributed by atoms with E-state index in [9.17, 15) is 39.6 Å². The molecule has 0 aliphatic carbocycles. The number of aliphatic hydroxyl groups excluding tert-OH is 1. The third-order valence-electron chi connectivity index (χ3n) is 7.91. The van der Waals surface area contributed by atoms with Gasteiger partial charge in [0.1, 0.15) is 18.2 Å². The van der Waals surface area contributed by atoms with Crippen LogP contribution in [-0.4, -0.2) is 78.8 Å². The fourth-order valence-corrected chi connectivity index (χ4v) is 5.52. The van der Waals surface area contributed by atoms with Gasteiger partial charge in [-0.2, -0.15) is 0 Å². The quantitative estimate of drug-likeness (QED) is 0.165. The largest absolute Gasteiger partial charge is 0.382 e. The molecule has 45 heavy (non-hydrogen) atoms. The molecule has 4 aromatic carbocycles. The molecule has 6 N–H and O–H groups in total. The first-order chi connectivity index (χ1) is 21.0. The number of carbonyl (C=O) groups is 4. The molecular formula is C34H30BrNO9. The number of hydrogen-bond acceptors (Lipinski definition) is 10. The Kier molecular flexibility index (Phi) is 9.76. The van der Waals surface area contributed by atoms with Crippen molar-refractivity contribution in [2.45, 2.75) is 35.2 Å². The lowest BCUT2D eigenvalue weighted by Gasteiger charge is -2.57. The van der Waals surface area contributed by atoms with Gasteiger partial charge in [-0.15, -0.1) is 17.0 Å². The van der Waals surface area contributed by atoms with Crippen LogP contribution in [0.3, 0.4) is 0 Å². The maximum atomic E-state index is 14.3. The average molecular weight is 677 g/mol. The van der Waals surface area contributed by atoms with Gasteiger partial charge in [0.2, 0.25) is 11.6 Å². The number of halogens is 1. The number of ether oxygens (including phenoxy) is 1. The fraction of sp³-hybridized carbons (Fsp3) is 0.176. The molecule has 232 valence electrons. The molecule has 0 spiro atoms. The molecule has 11 heteroatoms. The number of rotatable bonds is 9. The second-order valence-electron chi connectivity index (χ2n) is 10.5. The molecule has 0 amide bonds. The van der Waals surface area contributed by atoms with Gasteiger partial charge in [-0.05, 0) is 0 Å². The van der Waals surface area contributed by atoms with Gasteiger partial charge in [-0.3, -0.25) is 19.2 Å². The zero-order valence-electron chi connectivity index (χ0n) is 23.6. The Hall–Kier alpha value is -4.20. The predicted molar refractivity (Wildman–Crippen MR) is 167 cm³/mol. The molecule has 0 aromatic heterocycles. The standard InChI is InChI=1S/C34H29NO9.BrH/c35-31-33(42,28(39)23-17-9-3-10-18-23)32(41,27(38)22-15-7-2-8-16-22)30(26(37)25(36)21-13-5-1-6-14-21)44-34(31,43)29(40)24-19-11-4-12-20-24;/h1-20,26,30-31,37,41-43H,35H2;1H/t26?,30-,31-,32-,33-,34?;/m1./s1. The zero-order chi connectivity index (χ0) is 31.7. The smallest absolute Gasteiger partial charge is 0.250 e. The van der Waals surface area contributed by atoms with Crippen molar-refractivity contribution in [3.05, 3.63) is 144 Å². The maximum Gasteiger partial charge on any atom is 0.250 e. The summed E-state index contributed by atoms with van der Waals surface area (Å²) in [4.78, 5) is 55.9. The van der Waals surface area contributed by atoms with E-state index in [2.05, 4.69) is 0 Å². The Morgan fingerprint density at radius 1 is 0.578 bits per heavy atom. The van der Waals surface area contributed by atoms with Crippen LogP contribution in [0.1, 0.15) is 41.4 Å². The second-order valence-corrected chi connectivity index (χ2v) is 10.5. The highest BCUT2D eigenvalue weighted by atomic mass is 79.9. The molecule has 10 nitrogen and oxygen atoms in total. The van der Waals surface area contributed by atoms with Crippen LogP contribution in [0.2, 0.25) is 0 Å². The van der Waals surface area contributed by atoms with E-state index in [0.717, 1.165) is 0 Å². The molecular weight excluding hydrogens is 646 g/mol. The molecule has 0 bridgehead atoms. The highest BCUT2D eigenvalue weighted by Gasteiger charge is 2.77. The summed E-state index contributed by atoms with van der Waals surface area (Å²) in [5.41, 5.74) is -1.51. The first kappa shape index (κ1) is 33.7.